The van der Waals surface area contributed by atoms with E-state index in [1.54, 1.807) is 0 Å². The SMILES string of the molecule is OC(O)C1CCC(CC2NC(C3CCC(C(O)O)CC3)C3CCCCC23)CC1. The van der Waals surface area contributed by atoms with Gasteiger partial charge in [-0.25, -0.2) is 0 Å². The molecule has 0 aromatic rings. The van der Waals surface area contributed by atoms with E-state index in [-0.39, 0.29) is 11.8 Å². The summed E-state index contributed by atoms with van der Waals surface area (Å²) >= 11 is 0. The second-order valence-corrected chi connectivity index (χ2v) is 10.4. The van der Waals surface area contributed by atoms with E-state index in [2.05, 4.69) is 5.32 Å². The van der Waals surface area contributed by atoms with Crippen LogP contribution in [0, 0.1) is 35.5 Å². The van der Waals surface area contributed by atoms with Gasteiger partial charge in [0.1, 0.15) is 0 Å². The lowest BCUT2D eigenvalue weighted by Gasteiger charge is -2.37. The minimum atomic E-state index is -1.14. The van der Waals surface area contributed by atoms with E-state index in [0.717, 1.165) is 69.1 Å². The maximum absolute atomic E-state index is 9.50. The number of nitrogens with one attached hydrogen (secondary N) is 1. The Hall–Kier alpha value is -0.200. The largest absolute Gasteiger partial charge is 0.368 e. The van der Waals surface area contributed by atoms with E-state index in [4.69, 9.17) is 0 Å². The third kappa shape index (κ3) is 4.59. The van der Waals surface area contributed by atoms with Gasteiger partial charge in [-0.3, -0.25) is 0 Å². The number of rotatable bonds is 5. The van der Waals surface area contributed by atoms with Crippen molar-refractivity contribution in [1.82, 2.24) is 5.32 Å². The Bertz CT molecular complexity index is 483. The second-order valence-electron chi connectivity index (χ2n) is 10.4. The molecule has 4 aliphatic rings. The molecule has 0 spiro atoms. The van der Waals surface area contributed by atoms with E-state index in [9.17, 15) is 20.4 Å². The minimum absolute atomic E-state index is 0.0765. The van der Waals surface area contributed by atoms with Crippen molar-refractivity contribution in [3.05, 3.63) is 0 Å². The van der Waals surface area contributed by atoms with Crippen molar-refractivity contribution in [1.29, 1.82) is 0 Å². The molecule has 162 valence electrons. The van der Waals surface area contributed by atoms with Crippen molar-refractivity contribution in [3.8, 4) is 0 Å². The summed E-state index contributed by atoms with van der Waals surface area (Å²) in [4.78, 5) is 0. The summed E-state index contributed by atoms with van der Waals surface area (Å²) in [7, 11) is 0. The molecule has 0 radical (unpaired) electrons. The van der Waals surface area contributed by atoms with Crippen LogP contribution in [0.4, 0.5) is 0 Å². The molecule has 0 aromatic heterocycles. The first-order valence-electron chi connectivity index (χ1n) is 12.0. The summed E-state index contributed by atoms with van der Waals surface area (Å²) in [6.45, 7) is 0. The summed E-state index contributed by atoms with van der Waals surface area (Å²) in [6.07, 6.45) is 12.8. The van der Waals surface area contributed by atoms with Crippen LogP contribution in [0.5, 0.6) is 0 Å². The monoisotopic (exact) mass is 395 g/mol. The average Bonchev–Trinajstić information content (AvgIpc) is 3.07. The van der Waals surface area contributed by atoms with Crippen LogP contribution in [0.25, 0.3) is 0 Å². The van der Waals surface area contributed by atoms with Gasteiger partial charge in [-0.1, -0.05) is 12.8 Å². The van der Waals surface area contributed by atoms with Gasteiger partial charge in [0.05, 0.1) is 0 Å². The second kappa shape index (κ2) is 9.30. The number of aliphatic hydroxyl groups excluding tert-OH is 2. The predicted molar refractivity (Wildman–Crippen MR) is 108 cm³/mol. The van der Waals surface area contributed by atoms with Crippen molar-refractivity contribution >= 4 is 0 Å². The molecule has 4 unspecified atom stereocenters. The molecular formula is C23H41NO4. The van der Waals surface area contributed by atoms with E-state index in [0.29, 0.717) is 18.0 Å². The maximum Gasteiger partial charge on any atom is 0.154 e. The summed E-state index contributed by atoms with van der Waals surface area (Å²) < 4.78 is 0. The highest BCUT2D eigenvalue weighted by atomic mass is 16.5. The lowest BCUT2D eigenvalue weighted by molar-refractivity contribution is -0.0975. The topological polar surface area (TPSA) is 93.0 Å². The third-order valence-corrected chi connectivity index (χ3v) is 8.91. The number of fused-ring (bicyclic) bond motifs is 1. The molecule has 1 aliphatic heterocycles. The molecule has 0 amide bonds. The Kier molecular flexibility index (Phi) is 6.99. The van der Waals surface area contributed by atoms with E-state index >= 15 is 0 Å². The average molecular weight is 396 g/mol. The molecule has 1 heterocycles. The highest BCUT2D eigenvalue weighted by Gasteiger charge is 2.47. The lowest BCUT2D eigenvalue weighted by atomic mass is 9.68. The number of aliphatic hydroxyl groups is 4. The fraction of sp³-hybridized carbons (Fsp3) is 1.00. The Labute approximate surface area is 169 Å². The van der Waals surface area contributed by atoms with Crippen LogP contribution in [0.2, 0.25) is 0 Å². The maximum atomic E-state index is 9.50. The highest BCUT2D eigenvalue weighted by molar-refractivity contribution is 5.02. The normalized spacial score (nSPS) is 44.8. The molecule has 5 heteroatoms. The van der Waals surface area contributed by atoms with Gasteiger partial charge in [0.15, 0.2) is 12.6 Å². The van der Waals surface area contributed by atoms with Crippen molar-refractivity contribution in [2.75, 3.05) is 0 Å². The van der Waals surface area contributed by atoms with Crippen molar-refractivity contribution in [2.45, 2.75) is 108 Å². The third-order valence-electron chi connectivity index (χ3n) is 8.91. The lowest BCUT2D eigenvalue weighted by Crippen LogP contribution is -2.41. The van der Waals surface area contributed by atoms with Gasteiger partial charge in [-0.15, -0.1) is 0 Å². The molecule has 4 atom stereocenters. The van der Waals surface area contributed by atoms with E-state index in [1.165, 1.54) is 32.1 Å². The quantitative estimate of drug-likeness (QED) is 0.462. The number of hydrogen-bond acceptors (Lipinski definition) is 5. The van der Waals surface area contributed by atoms with Crippen molar-refractivity contribution < 1.29 is 20.4 Å². The Balaban J connectivity index is 1.34. The zero-order valence-electron chi connectivity index (χ0n) is 17.3. The van der Waals surface area contributed by atoms with Gasteiger partial charge in [0.2, 0.25) is 0 Å². The van der Waals surface area contributed by atoms with Crippen LogP contribution >= 0.6 is 0 Å². The first kappa shape index (κ1) is 21.0. The molecule has 3 saturated carbocycles. The van der Waals surface area contributed by atoms with Crippen LogP contribution in [-0.4, -0.2) is 45.1 Å². The molecule has 5 N–H and O–H groups in total. The molecule has 1 saturated heterocycles. The highest BCUT2D eigenvalue weighted by Crippen LogP contribution is 2.47. The molecule has 28 heavy (non-hydrogen) atoms. The number of hydrogen-bond donors (Lipinski definition) is 5. The molecule has 0 aromatic carbocycles. The summed E-state index contributed by atoms with van der Waals surface area (Å²) in [5.74, 6) is 3.23. The van der Waals surface area contributed by atoms with Crippen LogP contribution < -0.4 is 5.32 Å². The van der Waals surface area contributed by atoms with E-state index < -0.39 is 12.6 Å². The van der Waals surface area contributed by atoms with Gasteiger partial charge in [0.25, 0.3) is 0 Å². The molecular weight excluding hydrogens is 354 g/mol. The Morgan fingerprint density at radius 2 is 1.18 bits per heavy atom. The summed E-state index contributed by atoms with van der Waals surface area (Å²) in [5.41, 5.74) is 0. The zero-order valence-corrected chi connectivity index (χ0v) is 17.3. The zero-order chi connectivity index (χ0) is 19.7. The van der Waals surface area contributed by atoms with Crippen LogP contribution in [-0.2, 0) is 0 Å². The molecule has 4 rings (SSSR count). The Morgan fingerprint density at radius 1 is 0.643 bits per heavy atom. The van der Waals surface area contributed by atoms with Crippen LogP contribution in [0.3, 0.4) is 0 Å². The predicted octanol–water partition coefficient (Wildman–Crippen LogP) is 2.76. The van der Waals surface area contributed by atoms with Gasteiger partial charge < -0.3 is 25.7 Å². The Morgan fingerprint density at radius 3 is 1.75 bits per heavy atom. The molecule has 5 nitrogen and oxygen atoms in total. The molecule has 3 aliphatic carbocycles. The van der Waals surface area contributed by atoms with Gasteiger partial charge in [-0.05, 0) is 94.3 Å². The molecule has 0 bridgehead atoms. The van der Waals surface area contributed by atoms with Gasteiger partial charge >= 0.3 is 0 Å². The van der Waals surface area contributed by atoms with Crippen molar-refractivity contribution in [2.24, 2.45) is 35.5 Å². The fourth-order valence-electron chi connectivity index (χ4n) is 7.24. The van der Waals surface area contributed by atoms with Crippen molar-refractivity contribution in [3.63, 3.8) is 0 Å². The molecule has 4 fully saturated rings. The standard InChI is InChI=1S/C23H41NO4/c25-22(26)16-7-5-14(6-8-16)13-20-18-3-1-2-4-19(18)21(24-20)15-9-11-17(12-10-15)23(27)28/h14-28H,1-13H2. The first-order chi connectivity index (χ1) is 13.5. The fourth-order valence-corrected chi connectivity index (χ4v) is 7.24. The van der Waals surface area contributed by atoms with Crippen LogP contribution in [0.15, 0.2) is 0 Å². The minimum Gasteiger partial charge on any atom is -0.368 e. The first-order valence-corrected chi connectivity index (χ1v) is 12.0. The summed E-state index contributed by atoms with van der Waals surface area (Å²) in [6, 6.07) is 1.26. The van der Waals surface area contributed by atoms with Gasteiger partial charge in [-0.2, -0.15) is 0 Å². The van der Waals surface area contributed by atoms with Gasteiger partial charge in [0, 0.05) is 23.9 Å². The smallest absolute Gasteiger partial charge is 0.154 e. The summed E-state index contributed by atoms with van der Waals surface area (Å²) in [5, 5.41) is 42.0. The van der Waals surface area contributed by atoms with E-state index in [1.807, 2.05) is 0 Å². The van der Waals surface area contributed by atoms with Crippen LogP contribution in [0.1, 0.15) is 83.5 Å².